The van der Waals surface area contributed by atoms with Gasteiger partial charge in [0.2, 0.25) is 0 Å². The molecule has 0 unspecified atom stereocenters. The van der Waals surface area contributed by atoms with Crippen LogP contribution in [-0.4, -0.2) is 5.11 Å². The van der Waals surface area contributed by atoms with Gasteiger partial charge in [0.15, 0.2) is 5.11 Å². The lowest BCUT2D eigenvalue weighted by Gasteiger charge is -2.09. The summed E-state index contributed by atoms with van der Waals surface area (Å²) in [6, 6.07) is 6.21. The lowest BCUT2D eigenvalue weighted by molar-refractivity contribution is 0.907. The monoisotopic (exact) mass is 194 g/mol. The van der Waals surface area contributed by atoms with Crippen LogP contribution in [0.1, 0.15) is 16.7 Å². The molecule has 0 fully saturated rings. The summed E-state index contributed by atoms with van der Waals surface area (Å²) in [5.41, 5.74) is 9.18. The Morgan fingerprint density at radius 2 is 2.15 bits per heavy atom. The first-order valence-electron chi connectivity index (χ1n) is 4.19. The summed E-state index contributed by atoms with van der Waals surface area (Å²) in [4.78, 5) is 0. The molecule has 3 N–H and O–H groups in total. The standard InChI is InChI=1S/C10H14N2S/c1-7-4-3-5-9(8(7)2)6-12-10(11)13/h3-5H,6H2,1-2H3,(H3,11,12,13). The van der Waals surface area contributed by atoms with Gasteiger partial charge in [-0.05, 0) is 42.8 Å². The van der Waals surface area contributed by atoms with Crippen LogP contribution in [0.25, 0.3) is 0 Å². The van der Waals surface area contributed by atoms with Crippen molar-refractivity contribution < 1.29 is 0 Å². The van der Waals surface area contributed by atoms with E-state index in [0.717, 1.165) is 0 Å². The van der Waals surface area contributed by atoms with E-state index in [-0.39, 0.29) is 0 Å². The van der Waals surface area contributed by atoms with Crippen molar-refractivity contribution in [2.24, 2.45) is 5.73 Å². The minimum absolute atomic E-state index is 0.348. The number of hydrogen-bond donors (Lipinski definition) is 2. The number of hydrogen-bond acceptors (Lipinski definition) is 1. The number of rotatable bonds is 2. The Bertz CT molecular complexity index is 321. The van der Waals surface area contributed by atoms with Gasteiger partial charge in [-0.3, -0.25) is 0 Å². The summed E-state index contributed by atoms with van der Waals surface area (Å²) in [7, 11) is 0. The van der Waals surface area contributed by atoms with Crippen LogP contribution in [0.15, 0.2) is 18.2 Å². The molecule has 0 bridgehead atoms. The van der Waals surface area contributed by atoms with Gasteiger partial charge in [-0.25, -0.2) is 0 Å². The second-order valence-corrected chi connectivity index (χ2v) is 3.52. The minimum atomic E-state index is 0.348. The molecule has 0 aromatic heterocycles. The quantitative estimate of drug-likeness (QED) is 0.703. The molecule has 0 saturated heterocycles. The third-order valence-corrected chi connectivity index (χ3v) is 2.31. The molecule has 0 saturated carbocycles. The second-order valence-electron chi connectivity index (χ2n) is 3.08. The van der Waals surface area contributed by atoms with Crippen molar-refractivity contribution in [3.8, 4) is 0 Å². The molecule has 0 amide bonds. The zero-order valence-corrected chi connectivity index (χ0v) is 8.74. The van der Waals surface area contributed by atoms with Crippen LogP contribution >= 0.6 is 12.2 Å². The van der Waals surface area contributed by atoms with E-state index >= 15 is 0 Å². The maximum Gasteiger partial charge on any atom is 0.163 e. The molecule has 13 heavy (non-hydrogen) atoms. The van der Waals surface area contributed by atoms with Crippen LogP contribution in [-0.2, 0) is 6.54 Å². The highest BCUT2D eigenvalue weighted by Gasteiger charge is 1.99. The summed E-state index contributed by atoms with van der Waals surface area (Å²) in [6.45, 7) is 4.91. The van der Waals surface area contributed by atoms with Gasteiger partial charge in [0.25, 0.3) is 0 Å². The van der Waals surface area contributed by atoms with E-state index in [9.17, 15) is 0 Å². The summed E-state index contributed by atoms with van der Waals surface area (Å²) in [6.07, 6.45) is 0. The SMILES string of the molecule is Cc1cccc(CNC(N)=S)c1C. The molecular weight excluding hydrogens is 180 g/mol. The van der Waals surface area contributed by atoms with E-state index in [0.29, 0.717) is 11.7 Å². The Kier molecular flexibility index (Phi) is 3.25. The fourth-order valence-electron chi connectivity index (χ4n) is 1.19. The highest BCUT2D eigenvalue weighted by atomic mass is 32.1. The summed E-state index contributed by atoms with van der Waals surface area (Å²) < 4.78 is 0. The van der Waals surface area contributed by atoms with Crippen molar-refractivity contribution in [2.45, 2.75) is 20.4 Å². The Morgan fingerprint density at radius 3 is 2.77 bits per heavy atom. The Balaban J connectivity index is 2.77. The van der Waals surface area contributed by atoms with Crippen molar-refractivity contribution in [3.63, 3.8) is 0 Å². The van der Waals surface area contributed by atoms with E-state index in [1.54, 1.807) is 0 Å². The third kappa shape index (κ3) is 2.70. The van der Waals surface area contributed by atoms with E-state index in [4.69, 9.17) is 18.0 Å². The normalized spacial score (nSPS) is 9.69. The van der Waals surface area contributed by atoms with Crippen molar-refractivity contribution in [1.82, 2.24) is 5.32 Å². The number of nitrogens with two attached hydrogens (primary N) is 1. The second kappa shape index (κ2) is 4.23. The molecule has 0 heterocycles. The summed E-state index contributed by atoms with van der Waals surface area (Å²) in [5.74, 6) is 0. The molecule has 0 aliphatic carbocycles. The highest BCUT2D eigenvalue weighted by molar-refractivity contribution is 7.80. The molecule has 1 aromatic carbocycles. The van der Waals surface area contributed by atoms with Gasteiger partial charge >= 0.3 is 0 Å². The first kappa shape index (κ1) is 9.99. The van der Waals surface area contributed by atoms with Crippen LogP contribution in [0.2, 0.25) is 0 Å². The van der Waals surface area contributed by atoms with E-state index < -0.39 is 0 Å². The average Bonchev–Trinajstić information content (AvgIpc) is 2.07. The molecular formula is C10H14N2S. The van der Waals surface area contributed by atoms with Gasteiger partial charge in [0.1, 0.15) is 0 Å². The zero-order chi connectivity index (χ0) is 9.84. The molecule has 0 spiro atoms. The highest BCUT2D eigenvalue weighted by Crippen LogP contribution is 2.11. The largest absolute Gasteiger partial charge is 0.376 e. The van der Waals surface area contributed by atoms with Crippen molar-refractivity contribution in [2.75, 3.05) is 0 Å². The lowest BCUT2D eigenvalue weighted by atomic mass is 10.0. The van der Waals surface area contributed by atoms with Crippen LogP contribution in [0.5, 0.6) is 0 Å². The molecule has 3 heteroatoms. The van der Waals surface area contributed by atoms with Gasteiger partial charge in [0.05, 0.1) is 0 Å². The third-order valence-electron chi connectivity index (χ3n) is 2.17. The van der Waals surface area contributed by atoms with Gasteiger partial charge in [-0.2, -0.15) is 0 Å². The predicted octanol–water partition coefficient (Wildman–Crippen LogP) is 1.64. The number of aryl methyl sites for hydroxylation is 1. The molecule has 0 aliphatic heterocycles. The Hall–Kier alpha value is -1.09. The predicted molar refractivity (Wildman–Crippen MR) is 59.5 cm³/mol. The lowest BCUT2D eigenvalue weighted by Crippen LogP contribution is -2.28. The molecule has 70 valence electrons. The fourth-order valence-corrected chi connectivity index (χ4v) is 1.26. The molecule has 1 rings (SSSR count). The number of thiocarbonyl (C=S) groups is 1. The maximum atomic E-state index is 5.35. The minimum Gasteiger partial charge on any atom is -0.376 e. The summed E-state index contributed by atoms with van der Waals surface area (Å²) in [5, 5.41) is 3.29. The van der Waals surface area contributed by atoms with Gasteiger partial charge in [-0.1, -0.05) is 18.2 Å². The maximum absolute atomic E-state index is 5.35. The molecule has 2 nitrogen and oxygen atoms in total. The van der Waals surface area contributed by atoms with E-state index in [1.165, 1.54) is 16.7 Å². The molecule has 1 aromatic rings. The average molecular weight is 194 g/mol. The van der Waals surface area contributed by atoms with Gasteiger partial charge in [-0.15, -0.1) is 0 Å². The van der Waals surface area contributed by atoms with Crippen LogP contribution in [0, 0.1) is 13.8 Å². The number of nitrogens with one attached hydrogen (secondary N) is 1. The van der Waals surface area contributed by atoms with Crippen molar-refractivity contribution in [3.05, 3.63) is 34.9 Å². The van der Waals surface area contributed by atoms with Gasteiger partial charge < -0.3 is 11.1 Å². The Labute approximate surface area is 84.1 Å². The fraction of sp³-hybridized carbons (Fsp3) is 0.300. The zero-order valence-electron chi connectivity index (χ0n) is 7.92. The molecule has 0 atom stereocenters. The first-order valence-corrected chi connectivity index (χ1v) is 4.60. The van der Waals surface area contributed by atoms with Crippen molar-refractivity contribution >= 4 is 17.3 Å². The van der Waals surface area contributed by atoms with Crippen LogP contribution < -0.4 is 11.1 Å². The number of benzene rings is 1. The van der Waals surface area contributed by atoms with E-state index in [2.05, 4.69) is 31.3 Å². The van der Waals surface area contributed by atoms with Gasteiger partial charge in [0, 0.05) is 6.54 Å². The topological polar surface area (TPSA) is 38.0 Å². The Morgan fingerprint density at radius 1 is 1.46 bits per heavy atom. The molecule has 0 radical (unpaired) electrons. The molecule has 0 aliphatic rings. The summed E-state index contributed by atoms with van der Waals surface area (Å²) >= 11 is 4.74. The smallest absolute Gasteiger partial charge is 0.163 e. The van der Waals surface area contributed by atoms with Crippen LogP contribution in [0.3, 0.4) is 0 Å². The van der Waals surface area contributed by atoms with Crippen molar-refractivity contribution in [1.29, 1.82) is 0 Å². The van der Waals surface area contributed by atoms with Crippen LogP contribution in [0.4, 0.5) is 0 Å². The van der Waals surface area contributed by atoms with E-state index in [1.807, 2.05) is 6.07 Å². The first-order chi connectivity index (χ1) is 6.11.